The van der Waals surface area contributed by atoms with Crippen molar-refractivity contribution in [3.8, 4) is 5.75 Å². The van der Waals surface area contributed by atoms with Crippen molar-refractivity contribution in [3.05, 3.63) is 52.4 Å². The summed E-state index contributed by atoms with van der Waals surface area (Å²) >= 11 is 0. The number of carboxylic acid groups (broad SMARTS) is 1. The molecule has 14 nitrogen and oxygen atoms in total. The third-order valence-corrected chi connectivity index (χ3v) is 7.70. The first kappa shape index (κ1) is 26.2. The summed E-state index contributed by atoms with van der Waals surface area (Å²) in [7, 11) is -8.48. The predicted octanol–water partition coefficient (Wildman–Crippen LogP) is 2.97. The zero-order chi connectivity index (χ0) is 27.1. The van der Waals surface area contributed by atoms with Gasteiger partial charge in [-0.15, -0.1) is 4.40 Å². The van der Waals surface area contributed by atoms with Crippen molar-refractivity contribution >= 4 is 55.3 Å². The molecule has 3 aromatic rings. The molecule has 0 spiro atoms. The normalized spacial score (nSPS) is 15.4. The van der Waals surface area contributed by atoms with Gasteiger partial charge in [-0.1, -0.05) is 24.6 Å². The molecule has 37 heavy (non-hydrogen) atoms. The fourth-order valence-electron chi connectivity index (χ4n) is 3.72. The van der Waals surface area contributed by atoms with E-state index in [0.29, 0.717) is 13.0 Å². The summed E-state index contributed by atoms with van der Waals surface area (Å²) in [6.45, 7) is 4.28. The number of anilines is 2. The first-order valence-corrected chi connectivity index (χ1v) is 13.8. The molecule has 2 aromatic heterocycles. The molecule has 4 rings (SSSR count). The van der Waals surface area contributed by atoms with Gasteiger partial charge in [-0.2, -0.15) is 8.42 Å². The molecule has 0 aliphatic carbocycles. The Kier molecular flexibility index (Phi) is 6.76. The zero-order valence-corrected chi connectivity index (χ0v) is 21.2. The molecule has 7 N–H and O–H groups in total. The third-order valence-electron chi connectivity index (χ3n) is 5.38. The number of fused-ring (bicyclic) bond motifs is 2. The van der Waals surface area contributed by atoms with Gasteiger partial charge in [0.05, 0.1) is 16.8 Å². The highest BCUT2D eigenvalue weighted by molar-refractivity contribution is 8.23. The molecule has 0 saturated carbocycles. The quantitative estimate of drug-likeness (QED) is 0.227. The van der Waals surface area contributed by atoms with Crippen LogP contribution in [0, 0.1) is 5.92 Å². The molecule has 1 amide bonds. The number of nitrogens with one attached hydrogen (secondary N) is 3. The Morgan fingerprint density at radius 2 is 1.97 bits per heavy atom. The van der Waals surface area contributed by atoms with Gasteiger partial charge in [0.15, 0.2) is 5.84 Å². The Bertz CT molecular complexity index is 1600. The largest absolute Gasteiger partial charge is 0.506 e. The molecule has 0 bridgehead atoms. The molecular weight excluding hydrogens is 528 g/mol. The number of aryl methyl sites for hydroxylation is 1. The molecule has 0 atom stereocenters. The third kappa shape index (κ3) is 5.31. The van der Waals surface area contributed by atoms with Gasteiger partial charge in [0.1, 0.15) is 21.9 Å². The number of benzene rings is 1. The first-order valence-electron chi connectivity index (χ1n) is 10.8. The van der Waals surface area contributed by atoms with Gasteiger partial charge in [-0.25, -0.2) is 14.5 Å². The maximum Gasteiger partial charge on any atom is 0.419 e. The number of amidine groups is 1. The second-order valence-corrected chi connectivity index (χ2v) is 11.6. The number of hydrogen-bond acceptors (Lipinski definition) is 10. The van der Waals surface area contributed by atoms with Crippen LogP contribution in [0.5, 0.6) is 5.75 Å². The van der Waals surface area contributed by atoms with E-state index in [0.717, 1.165) is 6.07 Å². The molecule has 16 heteroatoms. The van der Waals surface area contributed by atoms with E-state index >= 15 is 0 Å². The summed E-state index contributed by atoms with van der Waals surface area (Å²) in [5.74, 6) is -0.466. The van der Waals surface area contributed by atoms with Crippen LogP contribution in [0.2, 0.25) is 0 Å². The topological polar surface area (TPSA) is 215 Å². The Morgan fingerprint density at radius 1 is 1.24 bits per heavy atom. The molecular formula is C21H24N6O8S2. The van der Waals surface area contributed by atoms with Crippen molar-refractivity contribution in [3.63, 3.8) is 0 Å². The van der Waals surface area contributed by atoms with E-state index in [9.17, 15) is 32.2 Å². The lowest BCUT2D eigenvalue weighted by atomic mass is 10.1. The highest BCUT2D eigenvalue weighted by atomic mass is 32.3. The number of nitrogens with zero attached hydrogens (tertiary/aromatic N) is 3. The minimum atomic E-state index is -4.49. The van der Waals surface area contributed by atoms with Crippen molar-refractivity contribution in [1.82, 2.24) is 14.3 Å². The van der Waals surface area contributed by atoms with Crippen LogP contribution in [0.25, 0.3) is 11.0 Å². The van der Waals surface area contributed by atoms with E-state index in [2.05, 4.69) is 14.7 Å². The van der Waals surface area contributed by atoms with Gasteiger partial charge in [0.2, 0.25) is 0 Å². The van der Waals surface area contributed by atoms with Crippen molar-refractivity contribution in [2.24, 2.45) is 10.3 Å². The highest BCUT2D eigenvalue weighted by Crippen LogP contribution is 2.56. The maximum atomic E-state index is 13.5. The molecule has 0 saturated heterocycles. The van der Waals surface area contributed by atoms with Gasteiger partial charge < -0.3 is 15.5 Å². The highest BCUT2D eigenvalue weighted by Gasteiger charge is 2.31. The summed E-state index contributed by atoms with van der Waals surface area (Å²) in [4.78, 5) is 28.2. The Morgan fingerprint density at radius 3 is 2.65 bits per heavy atom. The molecule has 1 aliphatic rings. The number of pyridine rings is 2. The number of hydrogen-bond donors (Lipinski definition) is 7. The second kappa shape index (κ2) is 9.55. The van der Waals surface area contributed by atoms with Crippen molar-refractivity contribution < 1.29 is 32.5 Å². The lowest BCUT2D eigenvalue weighted by Gasteiger charge is -2.34. The number of carbonyl (C=O) groups is 1. The van der Waals surface area contributed by atoms with Crippen molar-refractivity contribution in [1.29, 1.82) is 0 Å². The number of rotatable bonds is 7. The summed E-state index contributed by atoms with van der Waals surface area (Å²) in [5, 5.41) is 22.7. The van der Waals surface area contributed by atoms with E-state index < -0.39 is 38.4 Å². The minimum Gasteiger partial charge on any atom is -0.506 e. The average Bonchev–Trinajstić information content (AvgIpc) is 2.78. The molecule has 1 aliphatic heterocycles. The average molecular weight is 553 g/mol. The number of aromatic hydroxyl groups is 1. The Balaban J connectivity index is 1.80. The van der Waals surface area contributed by atoms with E-state index in [1.165, 1.54) is 27.6 Å². The van der Waals surface area contributed by atoms with Crippen molar-refractivity contribution in [2.45, 2.75) is 31.7 Å². The molecule has 198 valence electrons. The lowest BCUT2D eigenvalue weighted by Crippen LogP contribution is -2.34. The number of amides is 1. The Labute approximate surface area is 212 Å². The van der Waals surface area contributed by atoms with Crippen LogP contribution in [0.1, 0.15) is 25.8 Å². The van der Waals surface area contributed by atoms with Crippen LogP contribution in [0.3, 0.4) is 0 Å². The smallest absolute Gasteiger partial charge is 0.419 e. The molecule has 0 unspecified atom stereocenters. The minimum absolute atomic E-state index is 0.0814. The van der Waals surface area contributed by atoms with E-state index in [1.54, 1.807) is 12.1 Å². The van der Waals surface area contributed by atoms with Gasteiger partial charge in [-0.3, -0.25) is 23.2 Å². The predicted molar refractivity (Wildman–Crippen MR) is 139 cm³/mol. The molecule has 3 heterocycles. The van der Waals surface area contributed by atoms with Crippen LogP contribution >= 0.6 is 10.8 Å². The SMILES string of the molecule is CC(C)CCn1c(=O)c(C2=NS(O)(O)c3cc(NS(=O)(=O)NC(=O)O)ccc3N2)c(O)c2cccnc21. The zero-order valence-electron chi connectivity index (χ0n) is 19.5. The maximum absolute atomic E-state index is 13.5. The molecule has 0 fully saturated rings. The summed E-state index contributed by atoms with van der Waals surface area (Å²) in [5.41, 5.74) is -0.755. The van der Waals surface area contributed by atoms with Gasteiger partial charge in [-0.05, 0) is 42.7 Å². The van der Waals surface area contributed by atoms with E-state index in [4.69, 9.17) is 5.11 Å². The summed E-state index contributed by atoms with van der Waals surface area (Å²) in [6, 6.07) is 6.74. The Hall–Kier alpha value is -3.86. The fraction of sp³-hybridized carbons (Fsp3) is 0.238. The summed E-state index contributed by atoms with van der Waals surface area (Å²) < 4.78 is 53.8. The van der Waals surface area contributed by atoms with E-state index in [-0.39, 0.29) is 44.6 Å². The van der Waals surface area contributed by atoms with E-state index in [1.807, 2.05) is 18.6 Å². The van der Waals surface area contributed by atoms with Gasteiger partial charge in [0, 0.05) is 12.7 Å². The first-order chi connectivity index (χ1) is 17.3. The standard InChI is InChI=1S/C21H24N6O8S2/c1-11(2)7-9-27-19-13(4-3-8-22-19)17(28)16(20(27)29)18-23-14-6-5-12(10-15(14)36(32,33)25-18)24-37(34,35)26-21(30)31/h3-6,8,10-11,24,26,28,32-33H,7,9H2,1-2H3,(H,23,25)(H,30,31). The van der Waals surface area contributed by atoms with Crippen LogP contribution in [0.15, 0.2) is 50.6 Å². The summed E-state index contributed by atoms with van der Waals surface area (Å²) in [6.07, 6.45) is 0.326. The van der Waals surface area contributed by atoms with Gasteiger partial charge in [0.25, 0.3) is 5.56 Å². The molecule has 0 radical (unpaired) electrons. The van der Waals surface area contributed by atoms with Gasteiger partial charge >= 0.3 is 16.3 Å². The van der Waals surface area contributed by atoms with Crippen LogP contribution in [-0.2, 0) is 16.8 Å². The van der Waals surface area contributed by atoms with Crippen LogP contribution in [-0.4, -0.2) is 49.2 Å². The van der Waals surface area contributed by atoms with Crippen LogP contribution in [0.4, 0.5) is 16.2 Å². The second-order valence-electron chi connectivity index (χ2n) is 8.54. The lowest BCUT2D eigenvalue weighted by molar-refractivity contribution is 0.201. The van der Waals surface area contributed by atoms with Crippen LogP contribution < -0.4 is 20.3 Å². The number of aromatic nitrogens is 2. The molecule has 1 aromatic carbocycles. The fourth-order valence-corrected chi connectivity index (χ4v) is 5.63. The van der Waals surface area contributed by atoms with Crippen molar-refractivity contribution in [2.75, 3.05) is 10.0 Å². The monoisotopic (exact) mass is 552 g/mol.